The Labute approximate surface area is 114 Å². The second-order valence-corrected chi connectivity index (χ2v) is 4.19. The minimum Gasteiger partial charge on any atom is -0.292 e. The van der Waals surface area contributed by atoms with Crippen LogP contribution >= 0.6 is 11.6 Å². The first-order chi connectivity index (χ1) is 9.15. The maximum atomic E-state index is 13.3. The number of hydrogen-bond acceptors (Lipinski definition) is 3. The molecule has 5 heteroatoms. The summed E-state index contributed by atoms with van der Waals surface area (Å²) >= 11 is 5.76. The Morgan fingerprint density at radius 2 is 2.16 bits per heavy atom. The van der Waals surface area contributed by atoms with Crippen LogP contribution in [0.15, 0.2) is 42.7 Å². The zero-order valence-electron chi connectivity index (χ0n) is 9.68. The van der Waals surface area contributed by atoms with Gasteiger partial charge in [0, 0.05) is 18.0 Å². The van der Waals surface area contributed by atoms with Gasteiger partial charge >= 0.3 is 0 Å². The largest absolute Gasteiger partial charge is 0.292 e. The number of rotatable bonds is 3. The maximum Gasteiger partial charge on any atom is 0.186 e. The molecule has 1 heterocycles. The van der Waals surface area contributed by atoms with E-state index in [1.807, 2.05) is 6.07 Å². The number of halogens is 2. The van der Waals surface area contributed by atoms with Gasteiger partial charge in [-0.05, 0) is 23.8 Å². The van der Waals surface area contributed by atoms with Gasteiger partial charge in [-0.15, -0.1) is 0 Å². The summed E-state index contributed by atoms with van der Waals surface area (Å²) in [5.41, 5.74) is 0.451. The summed E-state index contributed by atoms with van der Waals surface area (Å²) in [7, 11) is 0. The van der Waals surface area contributed by atoms with Crippen molar-refractivity contribution in [3.05, 3.63) is 64.7 Å². The zero-order valence-corrected chi connectivity index (χ0v) is 10.4. The van der Waals surface area contributed by atoms with Crippen LogP contribution in [0.25, 0.3) is 0 Å². The molecule has 3 nitrogen and oxygen atoms in total. The molecule has 0 aliphatic rings. The Morgan fingerprint density at radius 1 is 1.37 bits per heavy atom. The molecule has 0 radical (unpaired) electrons. The number of pyridine rings is 1. The van der Waals surface area contributed by atoms with Crippen molar-refractivity contribution in [2.45, 2.75) is 5.92 Å². The highest BCUT2D eigenvalue weighted by atomic mass is 35.5. The molecule has 0 amide bonds. The summed E-state index contributed by atoms with van der Waals surface area (Å²) in [6.45, 7) is 0. The lowest BCUT2D eigenvalue weighted by Crippen LogP contribution is -2.12. The highest BCUT2D eigenvalue weighted by Gasteiger charge is 2.24. The average molecular weight is 275 g/mol. The van der Waals surface area contributed by atoms with E-state index in [1.165, 1.54) is 24.5 Å². The number of ketones is 1. The molecule has 94 valence electrons. The third kappa shape index (κ3) is 2.61. The molecule has 1 atom stereocenters. The van der Waals surface area contributed by atoms with E-state index in [0.717, 1.165) is 6.07 Å². The number of nitriles is 1. The molecule has 0 aliphatic carbocycles. The van der Waals surface area contributed by atoms with Crippen LogP contribution in [0.3, 0.4) is 0 Å². The molecule has 1 unspecified atom stereocenters. The fourth-order valence-corrected chi connectivity index (χ4v) is 1.90. The van der Waals surface area contributed by atoms with Crippen LogP contribution < -0.4 is 0 Å². The molecule has 0 fully saturated rings. The zero-order chi connectivity index (χ0) is 13.8. The minimum atomic E-state index is -1.05. The van der Waals surface area contributed by atoms with Crippen molar-refractivity contribution in [3.63, 3.8) is 0 Å². The molecule has 1 aromatic carbocycles. The molecule has 19 heavy (non-hydrogen) atoms. The number of nitrogens with zero attached hydrogens (tertiary/aromatic N) is 2. The molecule has 0 saturated heterocycles. The van der Waals surface area contributed by atoms with Crippen molar-refractivity contribution in [3.8, 4) is 6.07 Å². The molecule has 0 bridgehead atoms. The lowest BCUT2D eigenvalue weighted by Gasteiger charge is -2.09. The summed E-state index contributed by atoms with van der Waals surface area (Å²) in [5.74, 6) is -2.27. The van der Waals surface area contributed by atoms with E-state index >= 15 is 0 Å². The number of carbonyl (C=O) groups is 1. The third-order valence-electron chi connectivity index (χ3n) is 2.63. The Bertz CT molecular complexity index is 652. The first-order valence-electron chi connectivity index (χ1n) is 5.43. The van der Waals surface area contributed by atoms with Crippen molar-refractivity contribution < 1.29 is 9.18 Å². The van der Waals surface area contributed by atoms with Crippen LogP contribution in [0.4, 0.5) is 4.39 Å². The van der Waals surface area contributed by atoms with E-state index in [1.54, 1.807) is 12.1 Å². The first kappa shape index (κ1) is 13.2. The summed E-state index contributed by atoms with van der Waals surface area (Å²) in [5, 5.41) is 8.87. The second kappa shape index (κ2) is 5.59. The van der Waals surface area contributed by atoms with Crippen molar-refractivity contribution in [2.24, 2.45) is 0 Å². The standard InChI is InChI=1S/C14H8ClFN2O/c15-13-10(4-1-5-12(13)16)14(19)11(7-17)9-3-2-6-18-8-9/h1-6,8,11H. The van der Waals surface area contributed by atoms with Crippen molar-refractivity contribution in [1.29, 1.82) is 5.26 Å². The van der Waals surface area contributed by atoms with Gasteiger partial charge in [-0.1, -0.05) is 23.7 Å². The van der Waals surface area contributed by atoms with E-state index in [9.17, 15) is 9.18 Å². The van der Waals surface area contributed by atoms with Gasteiger partial charge in [0.25, 0.3) is 0 Å². The van der Waals surface area contributed by atoms with Crippen LogP contribution in [0, 0.1) is 17.1 Å². The van der Waals surface area contributed by atoms with E-state index in [2.05, 4.69) is 4.98 Å². The molecule has 2 rings (SSSR count). The van der Waals surface area contributed by atoms with Crippen LogP contribution in [0.1, 0.15) is 21.8 Å². The topological polar surface area (TPSA) is 53.8 Å². The molecule has 0 spiro atoms. The average Bonchev–Trinajstić information content (AvgIpc) is 2.44. The number of carbonyl (C=O) groups excluding carboxylic acids is 1. The molecule has 2 aromatic rings. The Kier molecular flexibility index (Phi) is 3.88. The van der Waals surface area contributed by atoms with Gasteiger partial charge in [-0.2, -0.15) is 5.26 Å². The van der Waals surface area contributed by atoms with Gasteiger partial charge < -0.3 is 0 Å². The fraction of sp³-hybridized carbons (Fsp3) is 0.0714. The number of benzene rings is 1. The Balaban J connectivity index is 2.43. The van der Waals surface area contributed by atoms with Crippen molar-refractivity contribution >= 4 is 17.4 Å². The van der Waals surface area contributed by atoms with E-state index < -0.39 is 17.5 Å². The van der Waals surface area contributed by atoms with Crippen molar-refractivity contribution in [1.82, 2.24) is 4.98 Å². The molecule has 0 N–H and O–H groups in total. The van der Waals surface area contributed by atoms with E-state index in [-0.39, 0.29) is 10.6 Å². The molecule has 1 aromatic heterocycles. The number of hydrogen-bond donors (Lipinski definition) is 0. The maximum absolute atomic E-state index is 13.3. The predicted molar refractivity (Wildman–Crippen MR) is 68.3 cm³/mol. The Hall–Kier alpha value is -2.25. The van der Waals surface area contributed by atoms with Crippen LogP contribution in [0.2, 0.25) is 5.02 Å². The molecule has 0 saturated carbocycles. The summed E-state index contributed by atoms with van der Waals surface area (Å²) < 4.78 is 13.3. The van der Waals surface area contributed by atoms with Crippen LogP contribution in [0.5, 0.6) is 0 Å². The van der Waals surface area contributed by atoms with Crippen LogP contribution in [-0.2, 0) is 0 Å². The second-order valence-electron chi connectivity index (χ2n) is 3.81. The van der Waals surface area contributed by atoms with Crippen LogP contribution in [-0.4, -0.2) is 10.8 Å². The third-order valence-corrected chi connectivity index (χ3v) is 3.01. The smallest absolute Gasteiger partial charge is 0.186 e. The first-order valence-corrected chi connectivity index (χ1v) is 5.80. The normalized spacial score (nSPS) is 11.6. The molecule has 0 aliphatic heterocycles. The number of Topliss-reactive ketones (excluding diaryl/α,β-unsaturated/α-hetero) is 1. The quantitative estimate of drug-likeness (QED) is 0.807. The van der Waals surface area contributed by atoms with E-state index in [4.69, 9.17) is 16.9 Å². The molecular weight excluding hydrogens is 267 g/mol. The van der Waals surface area contributed by atoms with Gasteiger partial charge in [0.1, 0.15) is 11.7 Å². The SMILES string of the molecule is N#CC(C(=O)c1cccc(F)c1Cl)c1cccnc1. The lowest BCUT2D eigenvalue weighted by atomic mass is 9.93. The monoisotopic (exact) mass is 274 g/mol. The van der Waals surface area contributed by atoms with Gasteiger partial charge in [-0.25, -0.2) is 4.39 Å². The van der Waals surface area contributed by atoms with Gasteiger partial charge in [0.15, 0.2) is 5.78 Å². The highest BCUT2D eigenvalue weighted by molar-refractivity contribution is 6.34. The minimum absolute atomic E-state index is 0.00271. The lowest BCUT2D eigenvalue weighted by molar-refractivity contribution is 0.0978. The Morgan fingerprint density at radius 3 is 2.79 bits per heavy atom. The fourth-order valence-electron chi connectivity index (χ4n) is 1.68. The van der Waals surface area contributed by atoms with Gasteiger partial charge in [-0.3, -0.25) is 9.78 Å². The predicted octanol–water partition coefficient (Wildman–Crippen LogP) is 3.36. The summed E-state index contributed by atoms with van der Waals surface area (Å²) in [4.78, 5) is 16.1. The summed E-state index contributed by atoms with van der Waals surface area (Å²) in [6, 6.07) is 9.07. The molecular formula is C14H8ClFN2O. The van der Waals surface area contributed by atoms with Gasteiger partial charge in [0.05, 0.1) is 11.1 Å². The number of aromatic nitrogens is 1. The van der Waals surface area contributed by atoms with E-state index in [0.29, 0.717) is 5.56 Å². The summed E-state index contributed by atoms with van der Waals surface area (Å²) in [6.07, 6.45) is 2.97. The van der Waals surface area contributed by atoms with Crippen molar-refractivity contribution in [2.75, 3.05) is 0 Å². The van der Waals surface area contributed by atoms with Gasteiger partial charge in [0.2, 0.25) is 0 Å². The highest BCUT2D eigenvalue weighted by Crippen LogP contribution is 2.26.